The Labute approximate surface area is 128 Å². The van der Waals surface area contributed by atoms with Crippen LogP contribution >= 0.6 is 0 Å². The summed E-state index contributed by atoms with van der Waals surface area (Å²) in [7, 11) is 0. The third-order valence-electron chi connectivity index (χ3n) is 5.13. The van der Waals surface area contributed by atoms with Crippen LogP contribution in [-0.4, -0.2) is 40.1 Å². The van der Waals surface area contributed by atoms with Crippen molar-refractivity contribution < 1.29 is 0 Å². The molecule has 0 radical (unpaired) electrons. The molecule has 0 saturated heterocycles. The van der Waals surface area contributed by atoms with Gasteiger partial charge in [0.05, 0.1) is 6.54 Å². The Kier molecular flexibility index (Phi) is 5.31. The number of fused-ring (bicyclic) bond motifs is 1. The molecule has 2 heterocycles. The van der Waals surface area contributed by atoms with E-state index >= 15 is 0 Å². The quantitative estimate of drug-likeness (QED) is 0.846. The van der Waals surface area contributed by atoms with Gasteiger partial charge in [0.25, 0.3) is 0 Å². The summed E-state index contributed by atoms with van der Waals surface area (Å²) in [6, 6.07) is 0.731. The molecule has 1 saturated carbocycles. The third-order valence-corrected chi connectivity index (χ3v) is 5.13. The summed E-state index contributed by atoms with van der Waals surface area (Å²) in [6.07, 6.45) is 12.3. The van der Waals surface area contributed by atoms with E-state index in [1.165, 1.54) is 64.0 Å². The Hall–Kier alpha value is -0.870. The molecule has 2 atom stereocenters. The Morgan fingerprint density at radius 3 is 3.05 bits per heavy atom. The molecule has 21 heavy (non-hydrogen) atoms. The second-order valence-electron chi connectivity index (χ2n) is 6.73. The zero-order chi connectivity index (χ0) is 14.5. The highest BCUT2D eigenvalue weighted by Crippen LogP contribution is 2.25. The summed E-state index contributed by atoms with van der Waals surface area (Å²) >= 11 is 0. The van der Waals surface area contributed by atoms with E-state index in [0.29, 0.717) is 0 Å². The Morgan fingerprint density at radius 2 is 2.14 bits per heavy atom. The monoisotopic (exact) mass is 290 g/mol. The third kappa shape index (κ3) is 3.86. The lowest BCUT2D eigenvalue weighted by molar-refractivity contribution is 0.160. The van der Waals surface area contributed by atoms with Crippen molar-refractivity contribution in [3.8, 4) is 0 Å². The van der Waals surface area contributed by atoms with Gasteiger partial charge in [0.15, 0.2) is 0 Å². The second kappa shape index (κ2) is 7.41. The maximum absolute atomic E-state index is 4.49. The normalized spacial score (nSPS) is 27.3. The minimum atomic E-state index is 0.731. The molecule has 0 spiro atoms. The first kappa shape index (κ1) is 15.0. The van der Waals surface area contributed by atoms with E-state index in [2.05, 4.69) is 32.9 Å². The molecule has 1 aromatic rings. The lowest BCUT2D eigenvalue weighted by Crippen LogP contribution is -2.44. The Balaban J connectivity index is 1.58. The van der Waals surface area contributed by atoms with Crippen LogP contribution in [-0.2, 0) is 13.1 Å². The van der Waals surface area contributed by atoms with Gasteiger partial charge in [-0.05, 0) is 31.7 Å². The molecule has 1 fully saturated rings. The highest BCUT2D eigenvalue weighted by atomic mass is 15.2. The van der Waals surface area contributed by atoms with Crippen LogP contribution in [0, 0.1) is 5.92 Å². The van der Waals surface area contributed by atoms with E-state index in [1.807, 2.05) is 6.20 Å². The van der Waals surface area contributed by atoms with Gasteiger partial charge in [-0.2, -0.15) is 0 Å². The van der Waals surface area contributed by atoms with Crippen LogP contribution in [0.5, 0.6) is 0 Å². The summed E-state index contributed by atoms with van der Waals surface area (Å²) in [6.45, 7) is 8.00. The summed E-state index contributed by atoms with van der Waals surface area (Å²) in [5, 5.41) is 3.82. The molecule has 0 aromatic carbocycles. The minimum Gasteiger partial charge on any atom is -0.333 e. The number of hydrogen-bond acceptors (Lipinski definition) is 3. The summed E-state index contributed by atoms with van der Waals surface area (Å²) in [4.78, 5) is 7.12. The van der Waals surface area contributed by atoms with Gasteiger partial charge < -0.3 is 9.88 Å². The molecule has 0 bridgehead atoms. The number of aromatic nitrogens is 2. The number of imidazole rings is 1. The smallest absolute Gasteiger partial charge is 0.122 e. The van der Waals surface area contributed by atoms with Crippen LogP contribution in [0.1, 0.15) is 51.3 Å². The van der Waals surface area contributed by atoms with Crippen molar-refractivity contribution in [2.75, 3.05) is 19.6 Å². The topological polar surface area (TPSA) is 33.1 Å². The SMILES string of the molecule is CCCNC1CCCCCC1CN1CCn2ccnc2C1. The molecule has 0 amide bonds. The van der Waals surface area contributed by atoms with Crippen molar-refractivity contribution in [3.63, 3.8) is 0 Å². The fraction of sp³-hybridized carbons (Fsp3) is 0.824. The fourth-order valence-electron chi connectivity index (χ4n) is 3.91. The summed E-state index contributed by atoms with van der Waals surface area (Å²) in [5.41, 5.74) is 0. The van der Waals surface area contributed by atoms with Crippen LogP contribution in [0.4, 0.5) is 0 Å². The van der Waals surface area contributed by atoms with Crippen molar-refractivity contribution in [1.82, 2.24) is 19.8 Å². The second-order valence-corrected chi connectivity index (χ2v) is 6.73. The molecule has 4 nitrogen and oxygen atoms in total. The van der Waals surface area contributed by atoms with Crippen molar-refractivity contribution in [1.29, 1.82) is 0 Å². The lowest BCUT2D eigenvalue weighted by Gasteiger charge is -2.34. The molecular weight excluding hydrogens is 260 g/mol. The van der Waals surface area contributed by atoms with Gasteiger partial charge in [-0.3, -0.25) is 4.90 Å². The molecule has 1 aromatic heterocycles. The number of nitrogens with zero attached hydrogens (tertiary/aromatic N) is 3. The average Bonchev–Trinajstić information content (AvgIpc) is 2.85. The molecule has 118 valence electrons. The molecule has 1 aliphatic heterocycles. The van der Waals surface area contributed by atoms with Crippen molar-refractivity contribution in [2.24, 2.45) is 5.92 Å². The molecule has 2 aliphatic rings. The van der Waals surface area contributed by atoms with Gasteiger partial charge in [0.2, 0.25) is 0 Å². The highest BCUT2D eigenvalue weighted by Gasteiger charge is 2.26. The van der Waals surface area contributed by atoms with Gasteiger partial charge in [0, 0.05) is 38.1 Å². The van der Waals surface area contributed by atoms with E-state index in [4.69, 9.17) is 0 Å². The molecule has 1 N–H and O–H groups in total. The van der Waals surface area contributed by atoms with Crippen LogP contribution < -0.4 is 5.32 Å². The maximum Gasteiger partial charge on any atom is 0.122 e. The van der Waals surface area contributed by atoms with Crippen molar-refractivity contribution in [3.05, 3.63) is 18.2 Å². The molecule has 2 unspecified atom stereocenters. The summed E-state index contributed by atoms with van der Waals surface area (Å²) in [5.74, 6) is 2.06. The minimum absolute atomic E-state index is 0.731. The van der Waals surface area contributed by atoms with E-state index in [-0.39, 0.29) is 0 Å². The van der Waals surface area contributed by atoms with E-state index in [1.54, 1.807) is 0 Å². The van der Waals surface area contributed by atoms with Crippen LogP contribution in [0.15, 0.2) is 12.4 Å². The van der Waals surface area contributed by atoms with E-state index < -0.39 is 0 Å². The zero-order valence-electron chi connectivity index (χ0n) is 13.4. The molecular formula is C17H30N4. The average molecular weight is 290 g/mol. The highest BCUT2D eigenvalue weighted by molar-refractivity contribution is 4.96. The van der Waals surface area contributed by atoms with Gasteiger partial charge in [-0.1, -0.05) is 26.2 Å². The zero-order valence-corrected chi connectivity index (χ0v) is 13.4. The van der Waals surface area contributed by atoms with Crippen LogP contribution in [0.25, 0.3) is 0 Å². The lowest BCUT2D eigenvalue weighted by atomic mass is 9.93. The van der Waals surface area contributed by atoms with Gasteiger partial charge in [-0.15, -0.1) is 0 Å². The maximum atomic E-state index is 4.49. The molecule has 4 heteroatoms. The number of hydrogen-bond donors (Lipinski definition) is 1. The molecule has 1 aliphatic carbocycles. The number of nitrogens with one attached hydrogen (secondary N) is 1. The van der Waals surface area contributed by atoms with Crippen molar-refractivity contribution in [2.45, 2.75) is 64.6 Å². The van der Waals surface area contributed by atoms with Gasteiger partial charge >= 0.3 is 0 Å². The molecule has 3 rings (SSSR count). The van der Waals surface area contributed by atoms with Gasteiger partial charge in [-0.25, -0.2) is 4.98 Å². The van der Waals surface area contributed by atoms with Crippen LogP contribution in [0.3, 0.4) is 0 Å². The van der Waals surface area contributed by atoms with E-state index in [0.717, 1.165) is 25.0 Å². The largest absolute Gasteiger partial charge is 0.333 e. The standard InChI is InChI=1S/C17H30N4/c1-2-8-18-16-7-5-3-4-6-15(16)13-20-11-12-21-10-9-19-17(21)14-20/h9-10,15-16,18H,2-8,11-14H2,1H3. The van der Waals surface area contributed by atoms with Gasteiger partial charge in [0.1, 0.15) is 5.82 Å². The van der Waals surface area contributed by atoms with Crippen LogP contribution in [0.2, 0.25) is 0 Å². The Bertz CT molecular complexity index is 428. The first-order valence-corrected chi connectivity index (χ1v) is 8.82. The van der Waals surface area contributed by atoms with Crippen molar-refractivity contribution >= 4 is 0 Å². The fourth-order valence-corrected chi connectivity index (χ4v) is 3.91. The summed E-state index contributed by atoms with van der Waals surface area (Å²) < 4.78 is 2.30. The number of rotatable bonds is 5. The first-order chi connectivity index (χ1) is 10.4. The predicted octanol–water partition coefficient (Wildman–Crippen LogP) is 2.65. The Morgan fingerprint density at radius 1 is 1.24 bits per heavy atom. The van der Waals surface area contributed by atoms with E-state index in [9.17, 15) is 0 Å². The first-order valence-electron chi connectivity index (χ1n) is 8.82. The predicted molar refractivity (Wildman–Crippen MR) is 86.2 cm³/mol.